The third-order valence-corrected chi connectivity index (χ3v) is 2.52. The molecule has 5 heteroatoms. The van der Waals surface area contributed by atoms with E-state index in [0.717, 1.165) is 25.3 Å². The average Bonchev–Trinajstić information content (AvgIpc) is 2.70. The van der Waals surface area contributed by atoms with Gasteiger partial charge in [0.2, 0.25) is 0 Å². The number of hydrogen-bond acceptors (Lipinski definition) is 4. The molecule has 1 saturated heterocycles. The second kappa shape index (κ2) is 4.68. The van der Waals surface area contributed by atoms with Crippen LogP contribution in [-0.4, -0.2) is 29.3 Å². The second-order valence-corrected chi connectivity index (χ2v) is 3.81. The molecule has 0 spiro atoms. The van der Waals surface area contributed by atoms with E-state index < -0.39 is 0 Å². The molecule has 76 valence electrons. The van der Waals surface area contributed by atoms with Crippen LogP contribution in [-0.2, 0) is 6.54 Å². The molecule has 0 unspecified atom stereocenters. The topological polar surface area (TPSA) is 49.8 Å². The van der Waals surface area contributed by atoms with Crippen molar-refractivity contribution in [2.24, 2.45) is 0 Å². The van der Waals surface area contributed by atoms with Gasteiger partial charge >= 0.3 is 0 Å². The molecule has 0 radical (unpaired) electrons. The minimum Gasteiger partial charge on any atom is -0.315 e. The lowest BCUT2D eigenvalue weighted by Crippen LogP contribution is -2.30. The molecule has 4 nitrogen and oxygen atoms in total. The summed E-state index contributed by atoms with van der Waals surface area (Å²) in [5.74, 6) is 0. The quantitative estimate of drug-likeness (QED) is 0.770. The molecule has 0 aliphatic carbocycles. The van der Waals surface area contributed by atoms with Gasteiger partial charge in [-0.2, -0.15) is 5.10 Å². The van der Waals surface area contributed by atoms with Gasteiger partial charge in [-0.3, -0.25) is 0 Å². The van der Waals surface area contributed by atoms with Crippen molar-refractivity contribution in [3.63, 3.8) is 0 Å². The van der Waals surface area contributed by atoms with Crippen molar-refractivity contribution in [3.05, 3.63) is 23.0 Å². The Morgan fingerprint density at radius 2 is 2.43 bits per heavy atom. The van der Waals surface area contributed by atoms with Crippen LogP contribution in [0.1, 0.15) is 12.1 Å². The van der Waals surface area contributed by atoms with E-state index in [1.807, 2.05) is 6.07 Å². The Bertz CT molecular complexity index is 281. The second-order valence-electron chi connectivity index (χ2n) is 3.42. The van der Waals surface area contributed by atoms with Crippen LogP contribution < -0.4 is 10.6 Å². The van der Waals surface area contributed by atoms with Gasteiger partial charge in [-0.1, -0.05) is 11.6 Å². The van der Waals surface area contributed by atoms with Crippen LogP contribution in [0.4, 0.5) is 0 Å². The van der Waals surface area contributed by atoms with Gasteiger partial charge in [0.05, 0.1) is 5.69 Å². The van der Waals surface area contributed by atoms with E-state index in [-0.39, 0.29) is 0 Å². The fourth-order valence-corrected chi connectivity index (χ4v) is 1.62. The predicted molar refractivity (Wildman–Crippen MR) is 55.2 cm³/mol. The maximum Gasteiger partial charge on any atom is 0.151 e. The fourth-order valence-electron chi connectivity index (χ4n) is 1.52. The first-order valence-electron chi connectivity index (χ1n) is 4.77. The number of halogens is 1. The number of nitrogens with zero attached hydrogens (tertiary/aromatic N) is 2. The summed E-state index contributed by atoms with van der Waals surface area (Å²) < 4.78 is 0. The van der Waals surface area contributed by atoms with Crippen LogP contribution >= 0.6 is 11.6 Å². The molecule has 0 bridgehead atoms. The Morgan fingerprint density at radius 3 is 3.07 bits per heavy atom. The maximum atomic E-state index is 5.63. The summed E-state index contributed by atoms with van der Waals surface area (Å²) in [6.07, 6.45) is 1.18. The molecule has 14 heavy (non-hydrogen) atoms. The molecule has 2 N–H and O–H groups in total. The fraction of sp³-hybridized carbons (Fsp3) is 0.556. The number of hydrogen-bond donors (Lipinski definition) is 2. The molecule has 1 aliphatic heterocycles. The van der Waals surface area contributed by atoms with Crippen LogP contribution in [0.3, 0.4) is 0 Å². The summed E-state index contributed by atoms with van der Waals surface area (Å²) in [7, 11) is 0. The van der Waals surface area contributed by atoms with Crippen molar-refractivity contribution in [1.29, 1.82) is 0 Å². The summed E-state index contributed by atoms with van der Waals surface area (Å²) >= 11 is 5.63. The van der Waals surface area contributed by atoms with E-state index in [4.69, 9.17) is 11.6 Å². The molecule has 1 atom stereocenters. The van der Waals surface area contributed by atoms with Crippen molar-refractivity contribution in [2.45, 2.75) is 19.0 Å². The van der Waals surface area contributed by atoms with E-state index in [1.54, 1.807) is 6.07 Å². The molecule has 1 fully saturated rings. The summed E-state index contributed by atoms with van der Waals surface area (Å²) in [5.41, 5.74) is 0.932. The van der Waals surface area contributed by atoms with E-state index in [0.29, 0.717) is 11.2 Å². The number of rotatable bonds is 3. The summed E-state index contributed by atoms with van der Waals surface area (Å²) in [6, 6.07) is 4.22. The zero-order chi connectivity index (χ0) is 9.80. The Hall–Kier alpha value is -0.710. The Kier molecular flexibility index (Phi) is 3.29. The minimum absolute atomic E-state index is 0.441. The SMILES string of the molecule is Clc1ccc(CN[C@H]2CCNC2)nn1. The van der Waals surface area contributed by atoms with Crippen LogP contribution in [0.15, 0.2) is 12.1 Å². The van der Waals surface area contributed by atoms with Gasteiger partial charge in [0.15, 0.2) is 5.15 Å². The van der Waals surface area contributed by atoms with Gasteiger partial charge in [0, 0.05) is 19.1 Å². The van der Waals surface area contributed by atoms with Gasteiger partial charge in [0.25, 0.3) is 0 Å². The van der Waals surface area contributed by atoms with Crippen molar-refractivity contribution in [3.8, 4) is 0 Å². The number of aromatic nitrogens is 2. The van der Waals surface area contributed by atoms with E-state index in [1.165, 1.54) is 6.42 Å². The Morgan fingerprint density at radius 1 is 1.50 bits per heavy atom. The van der Waals surface area contributed by atoms with Crippen molar-refractivity contribution in [1.82, 2.24) is 20.8 Å². The van der Waals surface area contributed by atoms with Gasteiger partial charge in [0.1, 0.15) is 0 Å². The molecule has 0 amide bonds. The smallest absolute Gasteiger partial charge is 0.151 e. The Balaban J connectivity index is 1.82. The van der Waals surface area contributed by atoms with E-state index in [2.05, 4.69) is 20.8 Å². The van der Waals surface area contributed by atoms with Crippen molar-refractivity contribution >= 4 is 11.6 Å². The van der Waals surface area contributed by atoms with Crippen LogP contribution in [0.25, 0.3) is 0 Å². The summed E-state index contributed by atoms with van der Waals surface area (Å²) in [4.78, 5) is 0. The van der Waals surface area contributed by atoms with E-state index >= 15 is 0 Å². The van der Waals surface area contributed by atoms with Gasteiger partial charge < -0.3 is 10.6 Å². The summed E-state index contributed by atoms with van der Waals surface area (Å²) in [5, 5.41) is 14.9. The van der Waals surface area contributed by atoms with Crippen LogP contribution in [0, 0.1) is 0 Å². The van der Waals surface area contributed by atoms with Crippen LogP contribution in [0.5, 0.6) is 0 Å². The molecule has 0 aromatic carbocycles. The monoisotopic (exact) mass is 212 g/mol. The molecule has 0 saturated carbocycles. The molecule has 2 rings (SSSR count). The van der Waals surface area contributed by atoms with Crippen LogP contribution in [0.2, 0.25) is 5.15 Å². The molecular weight excluding hydrogens is 200 g/mol. The average molecular weight is 213 g/mol. The molecule has 1 aliphatic rings. The highest BCUT2D eigenvalue weighted by Crippen LogP contribution is 2.03. The third-order valence-electron chi connectivity index (χ3n) is 2.32. The summed E-state index contributed by atoms with van der Waals surface area (Å²) in [6.45, 7) is 2.90. The van der Waals surface area contributed by atoms with E-state index in [9.17, 15) is 0 Å². The normalized spacial score (nSPS) is 21.4. The zero-order valence-corrected chi connectivity index (χ0v) is 8.59. The lowest BCUT2D eigenvalue weighted by molar-refractivity contribution is 0.539. The Labute approximate surface area is 88.1 Å². The lowest BCUT2D eigenvalue weighted by atomic mass is 10.2. The predicted octanol–water partition coefficient (Wildman–Crippen LogP) is 0.581. The standard InChI is InChI=1S/C9H13ClN4/c10-9-2-1-8(13-14-9)6-12-7-3-4-11-5-7/h1-2,7,11-12H,3-6H2/t7-/m0/s1. The molecular formula is C9H13ClN4. The van der Waals surface area contributed by atoms with Gasteiger partial charge in [-0.25, -0.2) is 0 Å². The lowest BCUT2D eigenvalue weighted by Gasteiger charge is -2.09. The zero-order valence-electron chi connectivity index (χ0n) is 7.83. The minimum atomic E-state index is 0.441. The van der Waals surface area contributed by atoms with Gasteiger partial charge in [-0.05, 0) is 25.1 Å². The first-order valence-corrected chi connectivity index (χ1v) is 5.14. The first-order chi connectivity index (χ1) is 6.84. The highest BCUT2D eigenvalue weighted by molar-refractivity contribution is 6.29. The highest BCUT2D eigenvalue weighted by Gasteiger charge is 2.13. The third kappa shape index (κ3) is 2.64. The molecule has 1 aromatic heterocycles. The van der Waals surface area contributed by atoms with Crippen molar-refractivity contribution < 1.29 is 0 Å². The first kappa shape index (κ1) is 9.83. The molecule has 2 heterocycles. The maximum absolute atomic E-state index is 5.63. The molecule has 1 aromatic rings. The van der Waals surface area contributed by atoms with Gasteiger partial charge in [-0.15, -0.1) is 5.10 Å². The highest BCUT2D eigenvalue weighted by atomic mass is 35.5. The van der Waals surface area contributed by atoms with Crippen molar-refractivity contribution in [2.75, 3.05) is 13.1 Å². The largest absolute Gasteiger partial charge is 0.315 e. The number of nitrogens with one attached hydrogen (secondary N) is 2.